The van der Waals surface area contributed by atoms with Gasteiger partial charge >= 0.3 is 11.7 Å². The van der Waals surface area contributed by atoms with Crippen LogP contribution in [0.25, 0.3) is 0 Å². The third-order valence-corrected chi connectivity index (χ3v) is 2.39. The minimum atomic E-state index is -1.20. The van der Waals surface area contributed by atoms with E-state index in [1.807, 2.05) is 4.98 Å². The van der Waals surface area contributed by atoms with E-state index >= 15 is 0 Å². The van der Waals surface area contributed by atoms with E-state index in [0.29, 0.717) is 0 Å². The average Bonchev–Trinajstić information content (AvgIpc) is 2.21. The first-order valence-electron chi connectivity index (χ1n) is 5.48. The highest BCUT2D eigenvalue weighted by atomic mass is 16.4. The Morgan fingerprint density at radius 3 is 2.26 bits per heavy atom. The van der Waals surface area contributed by atoms with Gasteiger partial charge in [-0.05, 0) is 5.41 Å². The predicted octanol–water partition coefficient (Wildman–Crippen LogP) is -0.708. The van der Waals surface area contributed by atoms with Crippen LogP contribution in [-0.4, -0.2) is 33.0 Å². The van der Waals surface area contributed by atoms with Crippen molar-refractivity contribution in [1.29, 1.82) is 0 Å². The number of aromatic nitrogens is 2. The second-order valence-electron chi connectivity index (χ2n) is 5.11. The number of aromatic amines is 2. The van der Waals surface area contributed by atoms with Crippen molar-refractivity contribution in [3.05, 3.63) is 32.6 Å². The molecule has 1 atom stereocenters. The summed E-state index contributed by atoms with van der Waals surface area (Å²) in [5.74, 6) is -2.03. The zero-order valence-corrected chi connectivity index (χ0v) is 10.7. The number of rotatable bonds is 3. The minimum Gasteiger partial charge on any atom is -0.480 e. The van der Waals surface area contributed by atoms with Gasteiger partial charge in [-0.25, -0.2) is 9.59 Å². The molecule has 1 unspecified atom stereocenters. The molecule has 1 rings (SSSR count). The topological polar surface area (TPSA) is 132 Å². The Kier molecular flexibility index (Phi) is 3.93. The van der Waals surface area contributed by atoms with E-state index in [0.717, 1.165) is 6.07 Å². The van der Waals surface area contributed by atoms with E-state index in [9.17, 15) is 19.2 Å². The third-order valence-electron chi connectivity index (χ3n) is 2.39. The monoisotopic (exact) mass is 269 g/mol. The van der Waals surface area contributed by atoms with Crippen LogP contribution in [0.3, 0.4) is 0 Å². The molecule has 19 heavy (non-hydrogen) atoms. The van der Waals surface area contributed by atoms with Crippen LogP contribution in [0, 0.1) is 5.41 Å². The number of nitrogens with one attached hydrogen (secondary N) is 3. The molecule has 1 heterocycles. The van der Waals surface area contributed by atoms with Crippen LogP contribution in [0.2, 0.25) is 0 Å². The summed E-state index contributed by atoms with van der Waals surface area (Å²) in [6, 6.07) is -0.263. The van der Waals surface area contributed by atoms with Crippen molar-refractivity contribution in [2.24, 2.45) is 5.41 Å². The first-order chi connectivity index (χ1) is 8.61. The second kappa shape index (κ2) is 5.09. The molecule has 0 aliphatic rings. The number of carboxylic acid groups (broad SMARTS) is 1. The lowest BCUT2D eigenvalue weighted by Crippen LogP contribution is -2.49. The molecule has 0 aliphatic heterocycles. The van der Waals surface area contributed by atoms with Crippen molar-refractivity contribution in [1.82, 2.24) is 15.3 Å². The van der Waals surface area contributed by atoms with Crippen molar-refractivity contribution >= 4 is 11.9 Å². The maximum atomic E-state index is 11.8. The molecule has 0 aromatic carbocycles. The van der Waals surface area contributed by atoms with Gasteiger partial charge in [-0.15, -0.1) is 0 Å². The van der Waals surface area contributed by atoms with Gasteiger partial charge in [-0.3, -0.25) is 14.6 Å². The van der Waals surface area contributed by atoms with Crippen LogP contribution in [0.4, 0.5) is 0 Å². The van der Waals surface area contributed by atoms with Crippen LogP contribution < -0.4 is 16.6 Å². The second-order valence-corrected chi connectivity index (χ2v) is 5.11. The largest absolute Gasteiger partial charge is 0.480 e. The number of aliphatic carboxylic acids is 1. The van der Waals surface area contributed by atoms with Crippen molar-refractivity contribution in [3.8, 4) is 0 Å². The van der Waals surface area contributed by atoms with Gasteiger partial charge < -0.3 is 15.4 Å². The van der Waals surface area contributed by atoms with Gasteiger partial charge in [0.05, 0.1) is 0 Å². The quantitative estimate of drug-likeness (QED) is 0.575. The van der Waals surface area contributed by atoms with E-state index < -0.39 is 34.6 Å². The first-order valence-corrected chi connectivity index (χ1v) is 5.48. The molecule has 0 bridgehead atoms. The normalized spacial score (nSPS) is 12.8. The molecule has 8 nitrogen and oxygen atoms in total. The van der Waals surface area contributed by atoms with Crippen molar-refractivity contribution < 1.29 is 14.7 Å². The van der Waals surface area contributed by atoms with Crippen molar-refractivity contribution in [2.75, 3.05) is 0 Å². The molecular weight excluding hydrogens is 254 g/mol. The van der Waals surface area contributed by atoms with Crippen molar-refractivity contribution in [3.63, 3.8) is 0 Å². The van der Waals surface area contributed by atoms with Crippen LogP contribution in [-0.2, 0) is 4.79 Å². The highest BCUT2D eigenvalue weighted by Gasteiger charge is 2.33. The summed E-state index contributed by atoms with van der Waals surface area (Å²) in [5, 5.41) is 11.3. The van der Waals surface area contributed by atoms with Gasteiger partial charge in [0.25, 0.3) is 11.5 Å². The summed E-state index contributed by atoms with van der Waals surface area (Å²) in [6.07, 6.45) is 0. The number of carbonyl (C=O) groups is 2. The van der Waals surface area contributed by atoms with Gasteiger partial charge in [0.15, 0.2) is 0 Å². The van der Waals surface area contributed by atoms with Crippen molar-refractivity contribution in [2.45, 2.75) is 26.8 Å². The molecule has 0 saturated heterocycles. The number of H-pyrrole nitrogens is 2. The molecule has 4 N–H and O–H groups in total. The lowest BCUT2D eigenvalue weighted by Gasteiger charge is -2.27. The third kappa shape index (κ3) is 3.80. The summed E-state index contributed by atoms with van der Waals surface area (Å²) in [5.41, 5.74) is -2.58. The van der Waals surface area contributed by atoms with Gasteiger partial charge in [0, 0.05) is 6.07 Å². The maximum Gasteiger partial charge on any atom is 0.326 e. The van der Waals surface area contributed by atoms with E-state index in [1.54, 1.807) is 20.8 Å². The van der Waals surface area contributed by atoms with Gasteiger partial charge in [0.2, 0.25) is 0 Å². The Morgan fingerprint density at radius 2 is 1.84 bits per heavy atom. The Hall–Kier alpha value is -2.38. The zero-order chi connectivity index (χ0) is 14.8. The van der Waals surface area contributed by atoms with Crippen LogP contribution in [0.1, 0.15) is 31.3 Å². The molecule has 1 aromatic rings. The molecule has 0 spiro atoms. The molecule has 1 aromatic heterocycles. The highest BCUT2D eigenvalue weighted by Crippen LogP contribution is 2.19. The maximum absolute atomic E-state index is 11.8. The predicted molar refractivity (Wildman–Crippen MR) is 66.0 cm³/mol. The van der Waals surface area contributed by atoms with Gasteiger partial charge in [-0.2, -0.15) is 0 Å². The standard InChI is InChI=1S/C11H15N3O5/c1-11(2,3)7(9(17)18)14-8(16)5-4-6(15)13-10(19)12-5/h4,7H,1-3H3,(H,14,16)(H,17,18)(H2,12,13,15,19). The Bertz CT molecular complexity index is 579. The van der Waals surface area contributed by atoms with E-state index in [4.69, 9.17) is 5.11 Å². The zero-order valence-electron chi connectivity index (χ0n) is 10.7. The SMILES string of the molecule is CC(C)(C)C(NC(=O)c1cc(=O)[nH]c(=O)[nH]1)C(=O)O. The molecule has 0 saturated carbocycles. The molecular formula is C11H15N3O5. The average molecular weight is 269 g/mol. The number of carbonyl (C=O) groups excluding carboxylic acids is 1. The van der Waals surface area contributed by atoms with Gasteiger partial charge in [0.1, 0.15) is 11.7 Å². The molecule has 104 valence electrons. The summed E-state index contributed by atoms with van der Waals surface area (Å²) in [6.45, 7) is 4.94. The number of hydrogen-bond donors (Lipinski definition) is 4. The number of amides is 1. The van der Waals surface area contributed by atoms with Crippen LogP contribution in [0.15, 0.2) is 15.7 Å². The highest BCUT2D eigenvalue weighted by molar-refractivity contribution is 5.95. The lowest BCUT2D eigenvalue weighted by atomic mass is 9.86. The summed E-state index contributed by atoms with van der Waals surface area (Å²) in [7, 11) is 0. The van der Waals surface area contributed by atoms with Crippen LogP contribution >= 0.6 is 0 Å². The van der Waals surface area contributed by atoms with Gasteiger partial charge in [-0.1, -0.05) is 20.8 Å². The summed E-state index contributed by atoms with van der Waals surface area (Å²) >= 11 is 0. The van der Waals surface area contributed by atoms with E-state index in [2.05, 4.69) is 10.3 Å². The molecule has 0 aliphatic carbocycles. The number of carboxylic acids is 1. The molecule has 1 amide bonds. The summed E-state index contributed by atoms with van der Waals surface area (Å²) in [4.78, 5) is 49.0. The lowest BCUT2D eigenvalue weighted by molar-refractivity contribution is -0.142. The van der Waals surface area contributed by atoms with E-state index in [-0.39, 0.29) is 5.69 Å². The molecule has 0 radical (unpaired) electrons. The van der Waals surface area contributed by atoms with Crippen LogP contribution in [0.5, 0.6) is 0 Å². The fourth-order valence-electron chi connectivity index (χ4n) is 1.45. The Labute approximate surface area is 107 Å². The smallest absolute Gasteiger partial charge is 0.326 e. The first kappa shape index (κ1) is 14.7. The molecule has 0 fully saturated rings. The fourth-order valence-corrected chi connectivity index (χ4v) is 1.45. The number of hydrogen-bond acceptors (Lipinski definition) is 4. The fraction of sp³-hybridized carbons (Fsp3) is 0.455. The summed E-state index contributed by atoms with van der Waals surface area (Å²) < 4.78 is 0. The Balaban J connectivity index is 3.04. The minimum absolute atomic E-state index is 0.288. The van der Waals surface area contributed by atoms with E-state index in [1.165, 1.54) is 0 Å². The Morgan fingerprint density at radius 1 is 1.26 bits per heavy atom. The molecule has 8 heteroatoms.